The molecule has 0 aliphatic carbocycles. The van der Waals surface area contributed by atoms with E-state index in [0.717, 1.165) is 12.1 Å². The number of para-hydroxylation sites is 1. The molecule has 0 radical (unpaired) electrons. The Hall–Kier alpha value is -2.68. The van der Waals surface area contributed by atoms with Gasteiger partial charge in [0.1, 0.15) is 5.75 Å². The lowest BCUT2D eigenvalue weighted by Gasteiger charge is -2.13. The molecule has 2 aromatic rings. The van der Waals surface area contributed by atoms with E-state index in [4.69, 9.17) is 5.11 Å². The summed E-state index contributed by atoms with van der Waals surface area (Å²) in [6.45, 7) is 0. The number of nitrogens with one attached hydrogen (secondary N) is 1. The van der Waals surface area contributed by atoms with Gasteiger partial charge in [-0.2, -0.15) is 13.2 Å². The van der Waals surface area contributed by atoms with Crippen molar-refractivity contribution in [1.82, 2.24) is 0 Å². The van der Waals surface area contributed by atoms with Crippen molar-refractivity contribution in [3.05, 3.63) is 65.2 Å². The smallest absolute Gasteiger partial charge is 0.418 e. The van der Waals surface area contributed by atoms with Gasteiger partial charge in [0.05, 0.1) is 16.8 Å². The molecule has 1 unspecified atom stereocenters. The Labute approximate surface area is 149 Å². The molecule has 1 amide bonds. The highest BCUT2D eigenvalue weighted by atomic mass is 32.2. The normalized spacial score (nSPS) is 12.4. The number of rotatable bonds is 6. The molecule has 138 valence electrons. The van der Waals surface area contributed by atoms with Gasteiger partial charge in [-0.15, -0.1) is 0 Å². The van der Waals surface area contributed by atoms with Gasteiger partial charge in [-0.1, -0.05) is 24.3 Å². The van der Waals surface area contributed by atoms with Crippen LogP contribution in [0.2, 0.25) is 0 Å². The number of aromatic carboxylic acids is 1. The first-order valence-corrected chi connectivity index (χ1v) is 8.79. The quantitative estimate of drug-likeness (QED) is 0.799. The Morgan fingerprint density at radius 3 is 2.23 bits per heavy atom. The zero-order chi connectivity index (χ0) is 19.3. The topological polar surface area (TPSA) is 83.5 Å². The standard InChI is InChI=1S/C17H14F3NO4S/c18-17(19,20)13-3-1-2-4-14(13)21-15(22)10-26(25)9-11-5-7-12(8-6-11)16(23)24/h1-8H,9-10H2,(H,21,22)(H,23,24). The maximum absolute atomic E-state index is 12.9. The SMILES string of the molecule is O=C(CS(=O)Cc1ccc(C(=O)O)cc1)Nc1ccccc1C(F)(F)F. The van der Waals surface area contributed by atoms with Crippen molar-refractivity contribution in [2.45, 2.75) is 11.9 Å². The van der Waals surface area contributed by atoms with Crippen LogP contribution in [0.4, 0.5) is 18.9 Å². The molecule has 0 saturated carbocycles. The molecule has 0 aliphatic heterocycles. The van der Waals surface area contributed by atoms with Crippen molar-refractivity contribution < 1.29 is 32.1 Å². The molecule has 0 fully saturated rings. The first-order valence-electron chi connectivity index (χ1n) is 7.30. The molecule has 0 aliphatic rings. The number of carboxylic acid groups (broad SMARTS) is 1. The fraction of sp³-hybridized carbons (Fsp3) is 0.176. The monoisotopic (exact) mass is 385 g/mol. The van der Waals surface area contributed by atoms with Crippen LogP contribution >= 0.6 is 0 Å². The van der Waals surface area contributed by atoms with Gasteiger partial charge in [-0.3, -0.25) is 9.00 Å². The minimum Gasteiger partial charge on any atom is -0.478 e. The number of carbonyl (C=O) groups is 2. The molecule has 0 spiro atoms. The van der Waals surface area contributed by atoms with E-state index < -0.39 is 45.9 Å². The highest BCUT2D eigenvalue weighted by Crippen LogP contribution is 2.34. The first kappa shape index (κ1) is 19.6. The van der Waals surface area contributed by atoms with Crippen molar-refractivity contribution in [3.63, 3.8) is 0 Å². The minimum atomic E-state index is -4.62. The Balaban J connectivity index is 1.98. The van der Waals surface area contributed by atoms with Gasteiger partial charge < -0.3 is 10.4 Å². The summed E-state index contributed by atoms with van der Waals surface area (Å²) in [6.07, 6.45) is -4.62. The van der Waals surface area contributed by atoms with Gasteiger partial charge in [-0.05, 0) is 29.8 Å². The van der Waals surface area contributed by atoms with Gasteiger partial charge in [-0.25, -0.2) is 4.79 Å². The average Bonchev–Trinajstić information content (AvgIpc) is 2.54. The average molecular weight is 385 g/mol. The third-order valence-electron chi connectivity index (χ3n) is 3.33. The van der Waals surface area contributed by atoms with E-state index in [1.165, 1.54) is 36.4 Å². The molecule has 0 saturated heterocycles. The molecule has 0 aromatic heterocycles. The molecule has 2 N–H and O–H groups in total. The molecule has 1 atom stereocenters. The third kappa shape index (κ3) is 5.41. The number of alkyl halides is 3. The molecule has 2 aromatic carbocycles. The van der Waals surface area contributed by atoms with Gasteiger partial charge in [0.2, 0.25) is 5.91 Å². The predicted molar refractivity (Wildman–Crippen MR) is 90.2 cm³/mol. The van der Waals surface area contributed by atoms with Crippen LogP contribution in [0.15, 0.2) is 48.5 Å². The Morgan fingerprint density at radius 2 is 1.65 bits per heavy atom. The summed E-state index contributed by atoms with van der Waals surface area (Å²) < 4.78 is 50.7. The number of anilines is 1. The molecular formula is C17H14F3NO4S. The second-order valence-corrected chi connectivity index (χ2v) is 6.78. The van der Waals surface area contributed by atoms with E-state index in [1.807, 2.05) is 0 Å². The highest BCUT2D eigenvalue weighted by Gasteiger charge is 2.33. The fourth-order valence-electron chi connectivity index (χ4n) is 2.15. The van der Waals surface area contributed by atoms with Crippen LogP contribution in [-0.4, -0.2) is 26.9 Å². The summed E-state index contributed by atoms with van der Waals surface area (Å²) in [5.74, 6) is -2.40. The zero-order valence-corrected chi connectivity index (χ0v) is 14.1. The summed E-state index contributed by atoms with van der Waals surface area (Å²) in [7, 11) is -1.66. The van der Waals surface area contributed by atoms with Gasteiger partial charge in [0, 0.05) is 16.6 Å². The van der Waals surface area contributed by atoms with Crippen molar-refractivity contribution in [2.75, 3.05) is 11.1 Å². The Bertz CT molecular complexity index is 835. The number of benzene rings is 2. The number of carbonyl (C=O) groups excluding carboxylic acids is 1. The van der Waals surface area contributed by atoms with E-state index in [9.17, 15) is 27.0 Å². The lowest BCUT2D eigenvalue weighted by molar-refractivity contribution is -0.137. The largest absolute Gasteiger partial charge is 0.478 e. The van der Waals surface area contributed by atoms with E-state index in [1.54, 1.807) is 0 Å². The molecule has 0 heterocycles. The van der Waals surface area contributed by atoms with E-state index in [2.05, 4.69) is 5.32 Å². The lowest BCUT2D eigenvalue weighted by atomic mass is 10.1. The van der Waals surface area contributed by atoms with Gasteiger partial charge in [0.25, 0.3) is 0 Å². The third-order valence-corrected chi connectivity index (χ3v) is 4.57. The molecule has 2 rings (SSSR count). The lowest BCUT2D eigenvalue weighted by Crippen LogP contribution is -2.22. The van der Waals surface area contributed by atoms with Crippen LogP contribution in [0.5, 0.6) is 0 Å². The maximum atomic E-state index is 12.9. The van der Waals surface area contributed by atoms with Crippen LogP contribution < -0.4 is 5.32 Å². The Morgan fingerprint density at radius 1 is 1.04 bits per heavy atom. The predicted octanol–water partition coefficient (Wildman–Crippen LogP) is 3.29. The number of hydrogen-bond donors (Lipinski definition) is 2. The van der Waals surface area contributed by atoms with E-state index in [-0.39, 0.29) is 11.3 Å². The van der Waals surface area contributed by atoms with Crippen molar-refractivity contribution in [3.8, 4) is 0 Å². The van der Waals surface area contributed by atoms with Gasteiger partial charge in [0.15, 0.2) is 0 Å². The van der Waals surface area contributed by atoms with Crippen LogP contribution in [0.3, 0.4) is 0 Å². The number of carboxylic acids is 1. The number of hydrogen-bond acceptors (Lipinski definition) is 3. The molecular weight excluding hydrogens is 371 g/mol. The van der Waals surface area contributed by atoms with E-state index >= 15 is 0 Å². The van der Waals surface area contributed by atoms with Crippen LogP contribution in [0.1, 0.15) is 21.5 Å². The van der Waals surface area contributed by atoms with E-state index in [0.29, 0.717) is 5.56 Å². The molecule has 26 heavy (non-hydrogen) atoms. The van der Waals surface area contributed by atoms with Crippen molar-refractivity contribution in [1.29, 1.82) is 0 Å². The minimum absolute atomic E-state index is 0.0196. The van der Waals surface area contributed by atoms with Crippen molar-refractivity contribution in [2.24, 2.45) is 0 Å². The molecule has 0 bridgehead atoms. The fourth-order valence-corrected chi connectivity index (χ4v) is 3.18. The first-order chi connectivity index (χ1) is 12.2. The van der Waals surface area contributed by atoms with Crippen molar-refractivity contribution >= 4 is 28.4 Å². The summed E-state index contributed by atoms with van der Waals surface area (Å²) in [5.41, 5.74) is -0.755. The second kappa shape index (κ2) is 8.13. The summed E-state index contributed by atoms with van der Waals surface area (Å²) in [5, 5.41) is 10.9. The van der Waals surface area contributed by atoms with Crippen LogP contribution in [-0.2, 0) is 27.5 Å². The van der Waals surface area contributed by atoms with Gasteiger partial charge >= 0.3 is 12.1 Å². The number of amides is 1. The number of halogens is 3. The maximum Gasteiger partial charge on any atom is 0.418 e. The molecule has 5 nitrogen and oxygen atoms in total. The molecule has 9 heteroatoms. The second-order valence-electron chi connectivity index (χ2n) is 5.32. The van der Waals surface area contributed by atoms with Crippen LogP contribution in [0, 0.1) is 0 Å². The summed E-state index contributed by atoms with van der Waals surface area (Å²) in [4.78, 5) is 22.6. The highest BCUT2D eigenvalue weighted by molar-refractivity contribution is 7.84. The summed E-state index contributed by atoms with van der Waals surface area (Å²) in [6, 6.07) is 10.1. The summed E-state index contributed by atoms with van der Waals surface area (Å²) >= 11 is 0. The van der Waals surface area contributed by atoms with Crippen LogP contribution in [0.25, 0.3) is 0 Å². The zero-order valence-electron chi connectivity index (χ0n) is 13.2. The Kier molecular flexibility index (Phi) is 6.14.